The van der Waals surface area contributed by atoms with Gasteiger partial charge in [0.25, 0.3) is 5.91 Å². The zero-order valence-electron chi connectivity index (χ0n) is 13.7. The van der Waals surface area contributed by atoms with Crippen LogP contribution in [0.4, 0.5) is 17.6 Å². The summed E-state index contributed by atoms with van der Waals surface area (Å²) in [5.41, 5.74) is -2.18. The number of hydrogen-bond donors (Lipinski definition) is 0. The van der Waals surface area contributed by atoms with Crippen LogP contribution in [-0.4, -0.2) is 32.8 Å². The number of alkyl halides is 3. The normalized spacial score (nSPS) is 11.6. The summed E-state index contributed by atoms with van der Waals surface area (Å²) in [7, 11) is 1.38. The van der Waals surface area contributed by atoms with Gasteiger partial charge in [0.1, 0.15) is 5.82 Å². The summed E-state index contributed by atoms with van der Waals surface area (Å²) in [5, 5.41) is 8.73. The first-order chi connectivity index (χ1) is 12.7. The fourth-order valence-electron chi connectivity index (χ4n) is 2.37. The van der Waals surface area contributed by atoms with Crippen LogP contribution >= 0.6 is 27.3 Å². The molecule has 0 radical (unpaired) electrons. The van der Waals surface area contributed by atoms with Gasteiger partial charge in [-0.15, -0.1) is 16.4 Å². The molecular formula is C16H11BrF4N4OS. The summed E-state index contributed by atoms with van der Waals surface area (Å²) in [6.07, 6.45) is -4.88. The van der Waals surface area contributed by atoms with Crippen molar-refractivity contribution in [3.05, 3.63) is 62.3 Å². The highest BCUT2D eigenvalue weighted by atomic mass is 79.9. The zero-order chi connectivity index (χ0) is 19.8. The Morgan fingerprint density at radius 3 is 2.52 bits per heavy atom. The second kappa shape index (κ2) is 7.39. The second-order valence-corrected chi connectivity index (χ2v) is 7.48. The lowest BCUT2D eigenvalue weighted by Crippen LogP contribution is -2.29. The van der Waals surface area contributed by atoms with Crippen LogP contribution in [0.2, 0.25) is 0 Å². The molecule has 0 saturated carbocycles. The van der Waals surface area contributed by atoms with E-state index in [1.54, 1.807) is 11.4 Å². The monoisotopic (exact) mass is 462 g/mol. The lowest BCUT2D eigenvalue weighted by Gasteiger charge is -2.16. The Bertz CT molecular complexity index is 968. The quantitative estimate of drug-likeness (QED) is 0.535. The van der Waals surface area contributed by atoms with Crippen molar-refractivity contribution in [3.63, 3.8) is 0 Å². The molecule has 0 atom stereocenters. The van der Waals surface area contributed by atoms with Gasteiger partial charge in [-0.05, 0) is 46.3 Å². The molecule has 27 heavy (non-hydrogen) atoms. The van der Waals surface area contributed by atoms with E-state index in [1.165, 1.54) is 18.4 Å². The van der Waals surface area contributed by atoms with Crippen LogP contribution in [0.3, 0.4) is 0 Å². The third kappa shape index (κ3) is 4.19. The number of aromatic nitrogens is 3. The number of amides is 1. The smallest absolute Gasteiger partial charge is 0.335 e. The lowest BCUT2D eigenvalue weighted by atomic mass is 10.2. The van der Waals surface area contributed by atoms with Crippen molar-refractivity contribution in [1.82, 2.24) is 19.9 Å². The van der Waals surface area contributed by atoms with E-state index in [1.807, 2.05) is 0 Å². The number of carbonyl (C=O) groups excluding carboxylic acids is 1. The minimum absolute atomic E-state index is 0.0554. The second-order valence-electron chi connectivity index (χ2n) is 5.57. The highest BCUT2D eigenvalue weighted by Gasteiger charge is 2.42. The van der Waals surface area contributed by atoms with E-state index in [0.29, 0.717) is 4.68 Å². The molecule has 11 heteroatoms. The molecule has 5 nitrogen and oxygen atoms in total. The first kappa shape index (κ1) is 19.5. The number of benzene rings is 1. The van der Waals surface area contributed by atoms with Gasteiger partial charge in [-0.25, -0.2) is 9.07 Å². The van der Waals surface area contributed by atoms with Gasteiger partial charge in [0, 0.05) is 21.8 Å². The van der Waals surface area contributed by atoms with Crippen LogP contribution < -0.4 is 0 Å². The largest absolute Gasteiger partial charge is 0.435 e. The minimum atomic E-state index is -4.88. The molecule has 2 aromatic heterocycles. The molecule has 0 aliphatic carbocycles. The molecule has 3 aromatic rings. The van der Waals surface area contributed by atoms with E-state index < -0.39 is 29.3 Å². The van der Waals surface area contributed by atoms with E-state index in [2.05, 4.69) is 26.2 Å². The Balaban J connectivity index is 1.97. The Morgan fingerprint density at radius 2 is 1.96 bits per heavy atom. The van der Waals surface area contributed by atoms with Gasteiger partial charge in [0.05, 0.1) is 12.2 Å². The summed E-state index contributed by atoms with van der Waals surface area (Å²) >= 11 is 4.65. The number of carbonyl (C=O) groups is 1. The maximum Gasteiger partial charge on any atom is 0.435 e. The van der Waals surface area contributed by atoms with Gasteiger partial charge in [0.2, 0.25) is 0 Å². The number of rotatable bonds is 4. The number of thiophene rings is 1. The first-order valence-electron chi connectivity index (χ1n) is 7.44. The van der Waals surface area contributed by atoms with Crippen LogP contribution in [0, 0.1) is 5.82 Å². The van der Waals surface area contributed by atoms with Crippen molar-refractivity contribution in [2.75, 3.05) is 7.05 Å². The third-order valence-electron chi connectivity index (χ3n) is 3.57. The van der Waals surface area contributed by atoms with E-state index in [0.717, 1.165) is 38.5 Å². The molecule has 3 rings (SSSR count). The summed E-state index contributed by atoms with van der Waals surface area (Å²) < 4.78 is 55.2. The standard InChI is InChI=1S/C16H11BrF4N4OS/c1-24(7-12-6-9(17)8-27-12)15(26)13-14(16(19,20)21)25(23-22-13)11-4-2-10(18)3-5-11/h2-6,8H,7H2,1H3. The summed E-state index contributed by atoms with van der Waals surface area (Å²) in [6, 6.07) is 6.02. The Hall–Kier alpha value is -2.27. The first-order valence-corrected chi connectivity index (χ1v) is 9.11. The topological polar surface area (TPSA) is 51.0 Å². The van der Waals surface area contributed by atoms with E-state index >= 15 is 0 Å². The van der Waals surface area contributed by atoms with Crippen LogP contribution in [0.1, 0.15) is 21.1 Å². The van der Waals surface area contributed by atoms with Gasteiger partial charge in [-0.3, -0.25) is 4.79 Å². The Morgan fingerprint density at radius 1 is 1.30 bits per heavy atom. The maximum atomic E-state index is 13.6. The van der Waals surface area contributed by atoms with Gasteiger partial charge >= 0.3 is 6.18 Å². The van der Waals surface area contributed by atoms with Gasteiger partial charge in [-0.2, -0.15) is 13.2 Å². The molecule has 0 spiro atoms. The van der Waals surface area contributed by atoms with E-state index in [9.17, 15) is 22.4 Å². The molecule has 0 unspecified atom stereocenters. The van der Waals surface area contributed by atoms with Crippen LogP contribution in [-0.2, 0) is 12.7 Å². The lowest BCUT2D eigenvalue weighted by molar-refractivity contribution is -0.143. The number of nitrogens with zero attached hydrogens (tertiary/aromatic N) is 4. The SMILES string of the molecule is CN(Cc1cc(Br)cs1)C(=O)c1nnn(-c2ccc(F)cc2)c1C(F)(F)F. The summed E-state index contributed by atoms with van der Waals surface area (Å²) in [4.78, 5) is 14.5. The molecule has 1 aromatic carbocycles. The number of halogens is 5. The predicted molar refractivity (Wildman–Crippen MR) is 94.1 cm³/mol. The average Bonchev–Trinajstić information content (AvgIpc) is 3.21. The maximum absolute atomic E-state index is 13.6. The van der Waals surface area contributed by atoms with E-state index in [4.69, 9.17) is 0 Å². The molecule has 0 fully saturated rings. The van der Waals surface area contributed by atoms with Gasteiger partial charge in [0.15, 0.2) is 11.4 Å². The highest BCUT2D eigenvalue weighted by molar-refractivity contribution is 9.10. The van der Waals surface area contributed by atoms with Crippen molar-refractivity contribution in [2.45, 2.75) is 12.7 Å². The molecule has 2 heterocycles. The van der Waals surface area contributed by atoms with Crippen LogP contribution in [0.15, 0.2) is 40.2 Å². The van der Waals surface area contributed by atoms with Crippen molar-refractivity contribution in [1.29, 1.82) is 0 Å². The fraction of sp³-hybridized carbons (Fsp3) is 0.188. The highest BCUT2D eigenvalue weighted by Crippen LogP contribution is 2.33. The molecule has 0 saturated heterocycles. The number of hydrogen-bond acceptors (Lipinski definition) is 4. The third-order valence-corrected chi connectivity index (χ3v) is 5.26. The zero-order valence-corrected chi connectivity index (χ0v) is 16.1. The molecule has 1 amide bonds. The van der Waals surface area contributed by atoms with Crippen molar-refractivity contribution >= 4 is 33.2 Å². The molecule has 0 N–H and O–H groups in total. The molecule has 142 valence electrons. The fourth-order valence-corrected chi connectivity index (χ4v) is 3.87. The van der Waals surface area contributed by atoms with Gasteiger partial charge in [-0.1, -0.05) is 5.21 Å². The van der Waals surface area contributed by atoms with Crippen molar-refractivity contribution in [3.8, 4) is 5.69 Å². The van der Waals surface area contributed by atoms with Crippen molar-refractivity contribution < 1.29 is 22.4 Å². The molecule has 0 bridgehead atoms. The van der Waals surface area contributed by atoms with Crippen LogP contribution in [0.25, 0.3) is 5.69 Å². The Kier molecular flexibility index (Phi) is 5.33. The summed E-state index contributed by atoms with van der Waals surface area (Å²) in [6.45, 7) is 0.121. The average molecular weight is 463 g/mol. The minimum Gasteiger partial charge on any atom is -0.335 e. The predicted octanol–water partition coefficient (Wildman–Crippen LogP) is 4.52. The molecule has 0 aliphatic heterocycles. The van der Waals surface area contributed by atoms with Gasteiger partial charge < -0.3 is 4.90 Å². The van der Waals surface area contributed by atoms with Crippen molar-refractivity contribution in [2.24, 2.45) is 0 Å². The van der Waals surface area contributed by atoms with E-state index in [-0.39, 0.29) is 12.2 Å². The summed E-state index contributed by atoms with van der Waals surface area (Å²) in [5.74, 6) is -1.52. The molecular weight excluding hydrogens is 452 g/mol. The van der Waals surface area contributed by atoms with Crippen LogP contribution in [0.5, 0.6) is 0 Å². The molecule has 0 aliphatic rings. The Labute approximate surface area is 163 Å².